The third kappa shape index (κ3) is 3.21. The van der Waals surface area contributed by atoms with Crippen LogP contribution >= 0.6 is 11.3 Å². The molecule has 1 aromatic heterocycles. The first-order valence-electron chi connectivity index (χ1n) is 7.77. The molecule has 1 aromatic carbocycles. The van der Waals surface area contributed by atoms with Gasteiger partial charge in [0.1, 0.15) is 16.4 Å². The standard InChI is InChI=1S/C17H22N2OS/c1-2-11-20-14-9-7-12(8-10-14)15-16(18)21-17(19-15)13-5-3-4-6-13/h7-10,13H,2-6,11,18H2,1H3. The molecule has 112 valence electrons. The Balaban J connectivity index is 1.79. The SMILES string of the molecule is CCCOc1ccc(-c2nc(C3CCCC3)sc2N)cc1. The van der Waals surface area contributed by atoms with Gasteiger partial charge in [-0.15, -0.1) is 11.3 Å². The summed E-state index contributed by atoms with van der Waals surface area (Å²) in [6.45, 7) is 2.86. The lowest BCUT2D eigenvalue weighted by Crippen LogP contribution is -1.95. The zero-order valence-corrected chi connectivity index (χ0v) is 13.3. The summed E-state index contributed by atoms with van der Waals surface area (Å²) in [5.74, 6) is 1.53. The number of anilines is 1. The molecule has 0 aliphatic heterocycles. The Hall–Kier alpha value is -1.55. The Bertz CT molecular complexity index is 585. The molecule has 0 spiro atoms. The van der Waals surface area contributed by atoms with E-state index in [-0.39, 0.29) is 0 Å². The highest BCUT2D eigenvalue weighted by Gasteiger charge is 2.22. The largest absolute Gasteiger partial charge is 0.494 e. The number of hydrogen-bond donors (Lipinski definition) is 1. The fourth-order valence-corrected chi connectivity index (χ4v) is 3.86. The number of nitrogens with zero attached hydrogens (tertiary/aromatic N) is 1. The van der Waals surface area contributed by atoms with Gasteiger partial charge in [-0.1, -0.05) is 19.8 Å². The first-order chi connectivity index (χ1) is 10.3. The average Bonchev–Trinajstić information content (AvgIpc) is 3.15. The molecule has 4 heteroatoms. The lowest BCUT2D eigenvalue weighted by Gasteiger charge is -2.05. The van der Waals surface area contributed by atoms with E-state index in [9.17, 15) is 0 Å². The molecule has 1 aliphatic rings. The number of rotatable bonds is 5. The van der Waals surface area contributed by atoms with E-state index in [0.717, 1.165) is 35.0 Å². The van der Waals surface area contributed by atoms with Crippen LogP contribution < -0.4 is 10.5 Å². The highest BCUT2D eigenvalue weighted by molar-refractivity contribution is 7.16. The molecule has 0 atom stereocenters. The lowest BCUT2D eigenvalue weighted by atomic mass is 10.1. The van der Waals surface area contributed by atoms with E-state index >= 15 is 0 Å². The van der Waals surface area contributed by atoms with Crippen LogP contribution in [-0.4, -0.2) is 11.6 Å². The molecule has 2 aromatic rings. The number of hydrogen-bond acceptors (Lipinski definition) is 4. The van der Waals surface area contributed by atoms with Crippen molar-refractivity contribution in [3.05, 3.63) is 29.3 Å². The smallest absolute Gasteiger partial charge is 0.119 e. The molecule has 0 saturated heterocycles. The molecular formula is C17H22N2OS. The normalized spacial score (nSPS) is 15.5. The van der Waals surface area contributed by atoms with Crippen LogP contribution in [0.1, 0.15) is 50.0 Å². The molecule has 1 fully saturated rings. The predicted octanol–water partition coefficient (Wildman–Crippen LogP) is 4.84. The maximum absolute atomic E-state index is 6.18. The third-order valence-electron chi connectivity index (χ3n) is 3.97. The molecule has 2 N–H and O–H groups in total. The van der Waals surface area contributed by atoms with E-state index in [1.807, 2.05) is 12.1 Å². The van der Waals surface area contributed by atoms with Crippen molar-refractivity contribution in [2.75, 3.05) is 12.3 Å². The van der Waals surface area contributed by atoms with Crippen LogP contribution in [0.15, 0.2) is 24.3 Å². The Labute approximate surface area is 130 Å². The minimum atomic E-state index is 0.623. The quantitative estimate of drug-likeness (QED) is 0.859. The van der Waals surface area contributed by atoms with Gasteiger partial charge in [0.25, 0.3) is 0 Å². The average molecular weight is 302 g/mol. The Morgan fingerprint density at radius 3 is 2.62 bits per heavy atom. The van der Waals surface area contributed by atoms with Crippen LogP contribution in [0.2, 0.25) is 0 Å². The van der Waals surface area contributed by atoms with Crippen molar-refractivity contribution < 1.29 is 4.74 Å². The van der Waals surface area contributed by atoms with Gasteiger partial charge in [0.2, 0.25) is 0 Å². The summed E-state index contributed by atoms with van der Waals surface area (Å²) in [6, 6.07) is 8.10. The first kappa shape index (κ1) is 14.4. The van der Waals surface area contributed by atoms with Crippen molar-refractivity contribution in [3.8, 4) is 17.0 Å². The number of thiazole rings is 1. The van der Waals surface area contributed by atoms with Crippen LogP contribution in [0.5, 0.6) is 5.75 Å². The van der Waals surface area contributed by atoms with Gasteiger partial charge in [-0.05, 0) is 43.5 Å². The lowest BCUT2D eigenvalue weighted by molar-refractivity contribution is 0.317. The van der Waals surface area contributed by atoms with E-state index < -0.39 is 0 Å². The van der Waals surface area contributed by atoms with Crippen LogP contribution in [0.3, 0.4) is 0 Å². The molecule has 1 saturated carbocycles. The fourth-order valence-electron chi connectivity index (χ4n) is 2.83. The number of benzene rings is 1. The number of nitrogens with two attached hydrogens (primary N) is 1. The zero-order valence-electron chi connectivity index (χ0n) is 12.5. The monoisotopic (exact) mass is 302 g/mol. The maximum Gasteiger partial charge on any atom is 0.119 e. The van der Waals surface area contributed by atoms with E-state index in [2.05, 4.69) is 19.1 Å². The molecule has 3 nitrogen and oxygen atoms in total. The molecule has 1 heterocycles. The van der Waals surface area contributed by atoms with Crippen LogP contribution in [0.4, 0.5) is 5.00 Å². The van der Waals surface area contributed by atoms with Gasteiger partial charge in [-0.3, -0.25) is 0 Å². The second kappa shape index (κ2) is 6.48. The van der Waals surface area contributed by atoms with Gasteiger partial charge in [0.05, 0.1) is 11.6 Å². The van der Waals surface area contributed by atoms with Crippen LogP contribution in [0, 0.1) is 0 Å². The van der Waals surface area contributed by atoms with Gasteiger partial charge in [0, 0.05) is 11.5 Å². The first-order valence-corrected chi connectivity index (χ1v) is 8.59. The number of nitrogen functional groups attached to an aromatic ring is 1. The summed E-state index contributed by atoms with van der Waals surface area (Å²) in [7, 11) is 0. The van der Waals surface area contributed by atoms with E-state index in [1.165, 1.54) is 30.7 Å². The maximum atomic E-state index is 6.18. The van der Waals surface area contributed by atoms with Gasteiger partial charge in [-0.2, -0.15) is 0 Å². The van der Waals surface area contributed by atoms with Crippen molar-refractivity contribution in [2.24, 2.45) is 0 Å². The molecule has 0 bridgehead atoms. The highest BCUT2D eigenvalue weighted by atomic mass is 32.1. The van der Waals surface area contributed by atoms with Crippen LogP contribution in [0.25, 0.3) is 11.3 Å². The van der Waals surface area contributed by atoms with Gasteiger partial charge in [0.15, 0.2) is 0 Å². The second-order valence-corrected chi connectivity index (χ2v) is 6.68. The van der Waals surface area contributed by atoms with Gasteiger partial charge in [-0.25, -0.2) is 4.98 Å². The predicted molar refractivity (Wildman–Crippen MR) is 89.0 cm³/mol. The van der Waals surface area contributed by atoms with Crippen LogP contribution in [-0.2, 0) is 0 Å². The van der Waals surface area contributed by atoms with Gasteiger partial charge >= 0.3 is 0 Å². The Morgan fingerprint density at radius 2 is 1.95 bits per heavy atom. The third-order valence-corrected chi connectivity index (χ3v) is 5.02. The Morgan fingerprint density at radius 1 is 1.24 bits per heavy atom. The van der Waals surface area contributed by atoms with E-state index in [0.29, 0.717) is 5.92 Å². The van der Waals surface area contributed by atoms with E-state index in [1.54, 1.807) is 11.3 Å². The summed E-state index contributed by atoms with van der Waals surface area (Å²) >= 11 is 1.66. The minimum Gasteiger partial charge on any atom is -0.494 e. The molecular weight excluding hydrogens is 280 g/mol. The molecule has 0 radical (unpaired) electrons. The summed E-state index contributed by atoms with van der Waals surface area (Å²) in [5, 5.41) is 2.05. The van der Waals surface area contributed by atoms with Crippen molar-refractivity contribution in [3.63, 3.8) is 0 Å². The highest BCUT2D eigenvalue weighted by Crippen LogP contribution is 2.40. The van der Waals surface area contributed by atoms with Gasteiger partial charge < -0.3 is 10.5 Å². The molecule has 0 amide bonds. The number of ether oxygens (including phenoxy) is 1. The van der Waals surface area contributed by atoms with Crippen molar-refractivity contribution in [2.45, 2.75) is 44.9 Å². The molecule has 3 rings (SSSR count). The van der Waals surface area contributed by atoms with Crippen molar-refractivity contribution >= 4 is 16.3 Å². The fraction of sp³-hybridized carbons (Fsp3) is 0.471. The zero-order chi connectivity index (χ0) is 14.7. The summed E-state index contributed by atoms with van der Waals surface area (Å²) < 4.78 is 5.61. The Kier molecular flexibility index (Phi) is 4.44. The number of aromatic nitrogens is 1. The summed E-state index contributed by atoms with van der Waals surface area (Å²) in [4.78, 5) is 4.81. The second-order valence-electron chi connectivity index (χ2n) is 5.62. The molecule has 1 aliphatic carbocycles. The summed E-state index contributed by atoms with van der Waals surface area (Å²) in [5.41, 5.74) is 8.20. The van der Waals surface area contributed by atoms with Crippen molar-refractivity contribution in [1.82, 2.24) is 4.98 Å². The minimum absolute atomic E-state index is 0.623. The topological polar surface area (TPSA) is 48.1 Å². The summed E-state index contributed by atoms with van der Waals surface area (Å²) in [6.07, 6.45) is 6.18. The molecule has 21 heavy (non-hydrogen) atoms. The van der Waals surface area contributed by atoms with Crippen molar-refractivity contribution in [1.29, 1.82) is 0 Å². The van der Waals surface area contributed by atoms with E-state index in [4.69, 9.17) is 15.5 Å². The molecule has 0 unspecified atom stereocenters.